The van der Waals surface area contributed by atoms with Crippen LogP contribution in [0, 0.1) is 0 Å². The number of aromatic amines is 1. The molecular weight excluding hydrogens is 398 g/mol. The van der Waals surface area contributed by atoms with Crippen molar-refractivity contribution in [3.8, 4) is 0 Å². The highest BCUT2D eigenvalue weighted by atomic mass is 16.7. The summed E-state index contributed by atoms with van der Waals surface area (Å²) in [6, 6.07) is -3.96. The standard InChI is InChI=1S/C17H27N7O6/c1-9(23-30-17(29)11(19)6-18)15(26)24-4-2-3-13(24)14(25)22-12(16(27)28)5-10-7-20-8-21-10/h7-9,11-13,23H,2-6,18-19H2,1H3,(H,20,21)(H,22,25)(H,27,28)/t9-,11?,12-,13-/m0/s1. The summed E-state index contributed by atoms with van der Waals surface area (Å²) in [5.74, 6) is -3.05. The first-order chi connectivity index (χ1) is 14.2. The van der Waals surface area contributed by atoms with E-state index >= 15 is 0 Å². The monoisotopic (exact) mass is 425 g/mol. The molecular formula is C17H27N7O6. The molecule has 13 nitrogen and oxygen atoms in total. The SMILES string of the molecule is C[C@H](NOC(=O)C(N)CN)C(=O)N1CCC[C@H]1C(=O)N[C@@H](Cc1cnc[nH]1)C(=O)O. The van der Waals surface area contributed by atoms with Crippen molar-refractivity contribution < 1.29 is 29.1 Å². The number of rotatable bonds is 10. The molecule has 1 aliphatic rings. The lowest BCUT2D eigenvalue weighted by Gasteiger charge is -2.28. The molecule has 0 aliphatic carbocycles. The van der Waals surface area contributed by atoms with Gasteiger partial charge in [0.25, 0.3) is 0 Å². The van der Waals surface area contributed by atoms with Crippen LogP contribution >= 0.6 is 0 Å². The number of hydrogen-bond donors (Lipinski definition) is 6. The summed E-state index contributed by atoms with van der Waals surface area (Å²) in [7, 11) is 0. The van der Waals surface area contributed by atoms with Gasteiger partial charge in [0.1, 0.15) is 24.2 Å². The van der Waals surface area contributed by atoms with Gasteiger partial charge in [-0.25, -0.2) is 14.6 Å². The van der Waals surface area contributed by atoms with Crippen molar-refractivity contribution in [1.82, 2.24) is 25.7 Å². The summed E-state index contributed by atoms with van der Waals surface area (Å²) < 4.78 is 0. The van der Waals surface area contributed by atoms with E-state index < -0.39 is 47.9 Å². The highest BCUT2D eigenvalue weighted by Crippen LogP contribution is 2.19. The van der Waals surface area contributed by atoms with E-state index in [0.717, 1.165) is 0 Å². The van der Waals surface area contributed by atoms with E-state index in [1.807, 2.05) is 0 Å². The number of nitrogens with two attached hydrogens (primary N) is 2. The number of H-pyrrole nitrogens is 1. The van der Waals surface area contributed by atoms with Crippen LogP contribution in [0.3, 0.4) is 0 Å². The lowest BCUT2D eigenvalue weighted by Crippen LogP contribution is -2.55. The van der Waals surface area contributed by atoms with Crippen molar-refractivity contribution in [3.63, 3.8) is 0 Å². The van der Waals surface area contributed by atoms with Crippen LogP contribution in [0.1, 0.15) is 25.5 Å². The van der Waals surface area contributed by atoms with E-state index in [4.69, 9.17) is 16.3 Å². The van der Waals surface area contributed by atoms with Crippen molar-refractivity contribution >= 4 is 23.8 Å². The smallest absolute Gasteiger partial charge is 0.342 e. The summed E-state index contributed by atoms with van der Waals surface area (Å²) in [4.78, 5) is 61.2. The van der Waals surface area contributed by atoms with E-state index in [1.165, 1.54) is 24.3 Å². The third kappa shape index (κ3) is 5.98. The van der Waals surface area contributed by atoms with Gasteiger partial charge in [-0.2, -0.15) is 0 Å². The van der Waals surface area contributed by atoms with Gasteiger partial charge >= 0.3 is 11.9 Å². The Balaban J connectivity index is 1.95. The molecule has 2 rings (SSSR count). The highest BCUT2D eigenvalue weighted by Gasteiger charge is 2.37. The van der Waals surface area contributed by atoms with Crippen LogP contribution in [-0.4, -0.2) is 81.0 Å². The topological polar surface area (TPSA) is 206 Å². The maximum atomic E-state index is 12.7. The molecule has 1 unspecified atom stereocenters. The van der Waals surface area contributed by atoms with Crippen LogP contribution < -0.4 is 22.3 Å². The van der Waals surface area contributed by atoms with Crippen molar-refractivity contribution in [2.75, 3.05) is 13.1 Å². The van der Waals surface area contributed by atoms with Crippen molar-refractivity contribution in [2.24, 2.45) is 11.5 Å². The number of carbonyl (C=O) groups excluding carboxylic acids is 3. The maximum absolute atomic E-state index is 12.7. The summed E-state index contributed by atoms with van der Waals surface area (Å²) in [5, 5.41) is 11.9. The fourth-order valence-corrected chi connectivity index (χ4v) is 3.00. The van der Waals surface area contributed by atoms with Crippen LogP contribution in [0.2, 0.25) is 0 Å². The van der Waals surface area contributed by atoms with Gasteiger partial charge in [0, 0.05) is 31.4 Å². The molecule has 1 aromatic rings. The Hall–Kier alpha value is -3.03. The maximum Gasteiger partial charge on any atom is 0.342 e. The van der Waals surface area contributed by atoms with Crippen molar-refractivity contribution in [2.45, 2.75) is 50.4 Å². The van der Waals surface area contributed by atoms with Crippen LogP contribution in [0.15, 0.2) is 12.5 Å². The molecule has 13 heteroatoms. The Morgan fingerprint density at radius 3 is 2.77 bits per heavy atom. The second-order valence-electron chi connectivity index (χ2n) is 6.97. The molecule has 0 aromatic carbocycles. The van der Waals surface area contributed by atoms with E-state index in [2.05, 4.69) is 20.8 Å². The minimum atomic E-state index is -1.20. The van der Waals surface area contributed by atoms with E-state index in [9.17, 15) is 24.3 Å². The molecule has 0 saturated carbocycles. The fourth-order valence-electron chi connectivity index (χ4n) is 3.00. The second kappa shape index (κ2) is 10.7. The lowest BCUT2D eigenvalue weighted by atomic mass is 10.1. The average molecular weight is 425 g/mol. The number of imidazole rings is 1. The summed E-state index contributed by atoms with van der Waals surface area (Å²) in [6.07, 6.45) is 3.87. The normalized spacial score (nSPS) is 19.0. The zero-order valence-electron chi connectivity index (χ0n) is 16.5. The zero-order chi connectivity index (χ0) is 22.3. The van der Waals surface area contributed by atoms with Crippen LogP contribution in [0.5, 0.6) is 0 Å². The minimum absolute atomic E-state index is 0.0248. The number of likely N-dealkylation sites (tertiary alicyclic amines) is 1. The van der Waals surface area contributed by atoms with Gasteiger partial charge in [0.05, 0.1) is 6.33 Å². The van der Waals surface area contributed by atoms with Gasteiger partial charge in [-0.3, -0.25) is 9.59 Å². The van der Waals surface area contributed by atoms with Gasteiger partial charge in [-0.05, 0) is 19.8 Å². The minimum Gasteiger partial charge on any atom is -0.480 e. The molecule has 8 N–H and O–H groups in total. The first-order valence-corrected chi connectivity index (χ1v) is 9.47. The number of amides is 2. The molecule has 0 radical (unpaired) electrons. The van der Waals surface area contributed by atoms with Gasteiger partial charge in [0.15, 0.2) is 0 Å². The predicted octanol–water partition coefficient (Wildman–Crippen LogP) is -2.77. The van der Waals surface area contributed by atoms with Gasteiger partial charge in [-0.1, -0.05) is 0 Å². The predicted molar refractivity (Wildman–Crippen MR) is 102 cm³/mol. The number of aromatic nitrogens is 2. The molecule has 1 aromatic heterocycles. The van der Waals surface area contributed by atoms with E-state index in [-0.39, 0.29) is 13.0 Å². The van der Waals surface area contributed by atoms with Gasteiger partial charge < -0.3 is 36.6 Å². The Bertz CT molecular complexity index is 756. The number of aliphatic carboxylic acids is 1. The number of nitrogens with one attached hydrogen (secondary N) is 3. The molecule has 1 aliphatic heterocycles. The number of carboxylic acids is 1. The third-order valence-electron chi connectivity index (χ3n) is 4.70. The van der Waals surface area contributed by atoms with E-state index in [0.29, 0.717) is 25.1 Å². The summed E-state index contributed by atoms with van der Waals surface area (Å²) in [5.41, 5.74) is 13.6. The number of carbonyl (C=O) groups is 4. The molecule has 2 amide bonds. The second-order valence-corrected chi connectivity index (χ2v) is 6.97. The molecule has 0 bridgehead atoms. The first-order valence-electron chi connectivity index (χ1n) is 9.47. The number of nitrogens with zero attached hydrogens (tertiary/aromatic N) is 2. The van der Waals surface area contributed by atoms with Crippen molar-refractivity contribution in [1.29, 1.82) is 0 Å². The van der Waals surface area contributed by atoms with Gasteiger partial charge in [-0.15, -0.1) is 5.48 Å². The number of hydrogen-bond acceptors (Lipinski definition) is 9. The summed E-state index contributed by atoms with van der Waals surface area (Å²) in [6.45, 7) is 1.67. The Morgan fingerprint density at radius 2 is 2.17 bits per heavy atom. The van der Waals surface area contributed by atoms with Crippen LogP contribution in [0.4, 0.5) is 0 Å². The van der Waals surface area contributed by atoms with Crippen molar-refractivity contribution in [3.05, 3.63) is 18.2 Å². The quantitative estimate of drug-likeness (QED) is 0.213. The lowest BCUT2D eigenvalue weighted by molar-refractivity contribution is -0.157. The number of hydroxylamine groups is 1. The Kier molecular flexibility index (Phi) is 8.26. The van der Waals surface area contributed by atoms with Gasteiger partial charge in [0.2, 0.25) is 11.8 Å². The largest absolute Gasteiger partial charge is 0.480 e. The fraction of sp³-hybridized carbons (Fsp3) is 0.588. The molecule has 2 heterocycles. The highest BCUT2D eigenvalue weighted by molar-refractivity contribution is 5.92. The molecule has 1 fully saturated rings. The molecule has 4 atom stereocenters. The zero-order valence-corrected chi connectivity index (χ0v) is 16.5. The molecule has 30 heavy (non-hydrogen) atoms. The first kappa shape index (κ1) is 23.3. The Morgan fingerprint density at radius 1 is 1.43 bits per heavy atom. The Labute approximate surface area is 172 Å². The third-order valence-corrected chi connectivity index (χ3v) is 4.70. The average Bonchev–Trinajstić information content (AvgIpc) is 3.41. The van der Waals surface area contributed by atoms with Crippen LogP contribution in [0.25, 0.3) is 0 Å². The van der Waals surface area contributed by atoms with Crippen LogP contribution in [-0.2, 0) is 30.4 Å². The molecule has 166 valence electrons. The number of carboxylic acid groups (broad SMARTS) is 1. The molecule has 0 spiro atoms. The summed E-state index contributed by atoms with van der Waals surface area (Å²) >= 11 is 0. The molecule has 1 saturated heterocycles. The van der Waals surface area contributed by atoms with E-state index in [1.54, 1.807) is 0 Å².